The lowest BCUT2D eigenvalue weighted by molar-refractivity contribution is 0.00707. The second-order valence-corrected chi connectivity index (χ2v) is 10.3. The van der Waals surface area contributed by atoms with Crippen molar-refractivity contribution < 1.29 is 14.3 Å². The van der Waals surface area contributed by atoms with Crippen molar-refractivity contribution in [1.82, 2.24) is 10.3 Å². The standard InChI is InChI=1S/C25H27BrN2O3/c1-25(2,3)31-24(29)20-16(26)12-19(30-13-14-7-5-4-6-8-14)23-22(20)21-17-10-9-15(27-17)11-18(21)28-23/h4-8,12,15,17,27-28H,9-11,13H2,1-3H3. The first-order chi connectivity index (χ1) is 14.8. The average molecular weight is 483 g/mol. The van der Waals surface area contributed by atoms with Crippen LogP contribution in [0.15, 0.2) is 40.9 Å². The molecule has 5 rings (SSSR count). The Morgan fingerprint density at radius 3 is 2.71 bits per heavy atom. The maximum atomic E-state index is 13.2. The molecule has 0 spiro atoms. The predicted molar refractivity (Wildman–Crippen MR) is 125 cm³/mol. The molecule has 0 radical (unpaired) electrons. The molecular weight excluding hydrogens is 456 g/mol. The SMILES string of the molecule is CC(C)(C)OC(=O)c1c(Br)cc(OCc2ccccc2)c2[nH]c3c(c12)C1CCC(C3)N1. The van der Waals surface area contributed by atoms with Crippen LogP contribution in [-0.2, 0) is 17.8 Å². The number of halogens is 1. The van der Waals surface area contributed by atoms with Crippen molar-refractivity contribution in [2.45, 2.75) is 64.3 Å². The summed E-state index contributed by atoms with van der Waals surface area (Å²) in [7, 11) is 0. The molecule has 3 heterocycles. The molecule has 3 aromatic rings. The Balaban J connectivity index is 1.64. The second kappa shape index (κ2) is 7.68. The Labute approximate surface area is 190 Å². The van der Waals surface area contributed by atoms with Gasteiger partial charge in [0.15, 0.2) is 0 Å². The van der Waals surface area contributed by atoms with Crippen molar-refractivity contribution >= 4 is 32.8 Å². The molecule has 31 heavy (non-hydrogen) atoms. The highest BCUT2D eigenvalue weighted by Gasteiger charge is 2.37. The normalized spacial score (nSPS) is 20.0. The molecule has 2 aliphatic heterocycles. The van der Waals surface area contributed by atoms with E-state index in [0.29, 0.717) is 22.7 Å². The molecular formula is C25H27BrN2O3. The first-order valence-electron chi connectivity index (χ1n) is 10.8. The van der Waals surface area contributed by atoms with Crippen molar-refractivity contribution in [3.05, 3.63) is 63.3 Å². The molecule has 2 aliphatic rings. The van der Waals surface area contributed by atoms with Gasteiger partial charge in [-0.1, -0.05) is 30.3 Å². The van der Waals surface area contributed by atoms with E-state index in [1.165, 1.54) is 11.3 Å². The zero-order valence-electron chi connectivity index (χ0n) is 18.0. The van der Waals surface area contributed by atoms with E-state index in [1.54, 1.807) is 0 Å². The Bertz CT molecular complexity index is 1150. The Hall–Kier alpha value is -2.31. The van der Waals surface area contributed by atoms with Crippen LogP contribution in [0, 0.1) is 0 Å². The number of rotatable bonds is 4. The zero-order chi connectivity index (χ0) is 21.8. The molecule has 1 saturated heterocycles. The van der Waals surface area contributed by atoms with Gasteiger partial charge in [-0.3, -0.25) is 0 Å². The lowest BCUT2D eigenvalue weighted by atomic mass is 9.96. The monoisotopic (exact) mass is 482 g/mol. The van der Waals surface area contributed by atoms with Crippen LogP contribution in [0.3, 0.4) is 0 Å². The Morgan fingerprint density at radius 2 is 1.97 bits per heavy atom. The summed E-state index contributed by atoms with van der Waals surface area (Å²) in [5.41, 5.74) is 4.36. The number of aromatic nitrogens is 1. The number of carbonyl (C=O) groups excluding carboxylic acids is 1. The van der Waals surface area contributed by atoms with Crippen LogP contribution in [0.4, 0.5) is 0 Å². The Kier molecular flexibility index (Phi) is 5.10. The molecule has 2 N–H and O–H groups in total. The average Bonchev–Trinajstić information content (AvgIpc) is 3.27. The highest BCUT2D eigenvalue weighted by molar-refractivity contribution is 9.10. The third-order valence-electron chi connectivity index (χ3n) is 5.99. The van der Waals surface area contributed by atoms with Crippen molar-refractivity contribution in [3.63, 3.8) is 0 Å². The number of ether oxygens (including phenoxy) is 2. The molecule has 2 aromatic carbocycles. The van der Waals surface area contributed by atoms with Gasteiger partial charge in [0, 0.05) is 34.1 Å². The van der Waals surface area contributed by atoms with Crippen LogP contribution in [0.25, 0.3) is 10.9 Å². The number of H-pyrrole nitrogens is 1. The molecule has 2 unspecified atom stereocenters. The minimum Gasteiger partial charge on any atom is -0.487 e. The van der Waals surface area contributed by atoms with E-state index >= 15 is 0 Å². The van der Waals surface area contributed by atoms with E-state index < -0.39 is 5.60 Å². The van der Waals surface area contributed by atoms with E-state index in [-0.39, 0.29) is 12.0 Å². The molecule has 6 heteroatoms. The number of hydrogen-bond donors (Lipinski definition) is 2. The topological polar surface area (TPSA) is 63.4 Å². The van der Waals surface area contributed by atoms with Crippen molar-refractivity contribution in [3.8, 4) is 5.75 Å². The van der Waals surface area contributed by atoms with Crippen LogP contribution in [0.1, 0.15) is 66.8 Å². The van der Waals surface area contributed by atoms with Crippen LogP contribution < -0.4 is 10.1 Å². The molecule has 1 fully saturated rings. The summed E-state index contributed by atoms with van der Waals surface area (Å²) in [5, 5.41) is 4.62. The number of esters is 1. The Morgan fingerprint density at radius 1 is 1.19 bits per heavy atom. The van der Waals surface area contributed by atoms with Gasteiger partial charge in [-0.15, -0.1) is 0 Å². The molecule has 0 aliphatic carbocycles. The first kappa shape index (κ1) is 20.6. The number of nitrogens with one attached hydrogen (secondary N) is 2. The van der Waals surface area contributed by atoms with Gasteiger partial charge in [0.2, 0.25) is 0 Å². The van der Waals surface area contributed by atoms with E-state index in [0.717, 1.165) is 41.5 Å². The number of carbonyl (C=O) groups is 1. The maximum Gasteiger partial charge on any atom is 0.340 e. The van der Waals surface area contributed by atoms with E-state index in [2.05, 4.69) is 26.2 Å². The molecule has 2 atom stereocenters. The van der Waals surface area contributed by atoms with Gasteiger partial charge in [-0.2, -0.15) is 0 Å². The zero-order valence-corrected chi connectivity index (χ0v) is 19.6. The number of aromatic amines is 1. The maximum absolute atomic E-state index is 13.2. The first-order valence-corrected chi connectivity index (χ1v) is 11.6. The van der Waals surface area contributed by atoms with Gasteiger partial charge in [0.25, 0.3) is 0 Å². The third-order valence-corrected chi connectivity index (χ3v) is 6.62. The third kappa shape index (κ3) is 3.87. The second-order valence-electron chi connectivity index (χ2n) is 9.47. The smallest absolute Gasteiger partial charge is 0.340 e. The molecule has 1 aromatic heterocycles. The fourth-order valence-corrected chi connectivity index (χ4v) is 5.34. The van der Waals surface area contributed by atoms with Gasteiger partial charge in [0.1, 0.15) is 18.0 Å². The number of benzene rings is 2. The molecule has 2 bridgehead atoms. The quantitative estimate of drug-likeness (QED) is 0.460. The predicted octanol–water partition coefficient (Wildman–Crippen LogP) is 5.81. The molecule has 5 nitrogen and oxygen atoms in total. The highest BCUT2D eigenvalue weighted by atomic mass is 79.9. The summed E-state index contributed by atoms with van der Waals surface area (Å²) >= 11 is 3.65. The summed E-state index contributed by atoms with van der Waals surface area (Å²) in [6, 6.07) is 12.7. The van der Waals surface area contributed by atoms with E-state index in [9.17, 15) is 4.79 Å². The van der Waals surface area contributed by atoms with Crippen LogP contribution in [-0.4, -0.2) is 22.6 Å². The summed E-state index contributed by atoms with van der Waals surface area (Å²) < 4.78 is 12.7. The summed E-state index contributed by atoms with van der Waals surface area (Å²) in [5.74, 6) is 0.421. The van der Waals surface area contributed by atoms with Gasteiger partial charge >= 0.3 is 5.97 Å². The lowest BCUT2D eigenvalue weighted by Gasteiger charge is -2.23. The molecule has 0 amide bonds. The summed E-state index contributed by atoms with van der Waals surface area (Å²) in [4.78, 5) is 16.9. The fourth-order valence-electron chi connectivity index (χ4n) is 4.77. The van der Waals surface area contributed by atoms with Gasteiger partial charge < -0.3 is 19.8 Å². The number of hydrogen-bond acceptors (Lipinski definition) is 4. The highest BCUT2D eigenvalue weighted by Crippen LogP contribution is 2.45. The molecule has 162 valence electrons. The van der Waals surface area contributed by atoms with Crippen molar-refractivity contribution in [2.75, 3.05) is 0 Å². The van der Waals surface area contributed by atoms with Gasteiger partial charge in [0.05, 0.1) is 11.1 Å². The summed E-state index contributed by atoms with van der Waals surface area (Å²) in [6.07, 6.45) is 3.16. The largest absolute Gasteiger partial charge is 0.487 e. The van der Waals surface area contributed by atoms with Crippen molar-refractivity contribution in [1.29, 1.82) is 0 Å². The van der Waals surface area contributed by atoms with Crippen LogP contribution in [0.2, 0.25) is 0 Å². The van der Waals surface area contributed by atoms with E-state index in [4.69, 9.17) is 9.47 Å². The minimum atomic E-state index is -0.571. The van der Waals surface area contributed by atoms with Crippen LogP contribution >= 0.6 is 15.9 Å². The van der Waals surface area contributed by atoms with E-state index in [1.807, 2.05) is 57.2 Å². The fraction of sp³-hybridized carbons (Fsp3) is 0.400. The van der Waals surface area contributed by atoms with Gasteiger partial charge in [-0.25, -0.2) is 4.79 Å². The lowest BCUT2D eigenvalue weighted by Crippen LogP contribution is -2.31. The number of fused-ring (bicyclic) bond motifs is 6. The van der Waals surface area contributed by atoms with Crippen LogP contribution in [0.5, 0.6) is 5.75 Å². The summed E-state index contributed by atoms with van der Waals surface area (Å²) in [6.45, 7) is 6.14. The van der Waals surface area contributed by atoms with Crippen molar-refractivity contribution in [2.24, 2.45) is 0 Å². The molecule has 0 saturated carbocycles. The minimum absolute atomic E-state index is 0.250. The van der Waals surface area contributed by atoms with Gasteiger partial charge in [-0.05, 0) is 66.7 Å².